The second-order valence-corrected chi connectivity index (χ2v) is 9.93. The molecule has 7 aromatic rings. The Balaban J connectivity index is 1.44. The van der Waals surface area contributed by atoms with Gasteiger partial charge in [0, 0.05) is 33.2 Å². The molecule has 0 saturated heterocycles. The molecule has 0 spiro atoms. The molecule has 0 unspecified atom stereocenters. The van der Waals surface area contributed by atoms with Crippen LogP contribution in [0.15, 0.2) is 140 Å². The fourth-order valence-electron chi connectivity index (χ4n) is 5.87. The van der Waals surface area contributed by atoms with Crippen molar-refractivity contribution in [3.63, 3.8) is 0 Å². The van der Waals surface area contributed by atoms with E-state index in [-0.39, 0.29) is 0 Å². The number of para-hydroxylation sites is 3. The number of rotatable bonds is 5. The zero-order chi connectivity index (χ0) is 26.3. The Kier molecular flexibility index (Phi) is 5.53. The lowest BCUT2D eigenvalue weighted by molar-refractivity contribution is 1.10. The first-order valence-electron chi connectivity index (χ1n) is 13.3. The summed E-state index contributed by atoms with van der Waals surface area (Å²) in [6.45, 7) is 6.10. The maximum atomic E-state index is 3.89. The molecular weight excluding hydrogens is 472 g/mol. The van der Waals surface area contributed by atoms with Crippen molar-refractivity contribution in [2.24, 2.45) is 0 Å². The predicted octanol–water partition coefficient (Wildman–Crippen LogP) is 9.90. The second-order valence-electron chi connectivity index (χ2n) is 9.93. The van der Waals surface area contributed by atoms with Gasteiger partial charge >= 0.3 is 0 Å². The first-order chi connectivity index (χ1) is 19.2. The van der Waals surface area contributed by atoms with Crippen LogP contribution in [0.25, 0.3) is 61.3 Å². The standard InChI is InChI=1S/C37H28N2/c1-3-4-18-34-26(2)32-24-27(20-22-36(32)38(34)29-13-7-5-8-14-29)28-21-23-37-33(25-28)31-17-11-12-19-35(31)39(37)30-15-9-6-10-16-30/h3-25H,1H2,2H3/b18-4-. The third-order valence-electron chi connectivity index (χ3n) is 7.69. The maximum Gasteiger partial charge on any atom is 0.0541 e. The van der Waals surface area contributed by atoms with Gasteiger partial charge in [0.1, 0.15) is 0 Å². The van der Waals surface area contributed by atoms with E-state index in [9.17, 15) is 0 Å². The predicted molar refractivity (Wildman–Crippen MR) is 167 cm³/mol. The molecule has 0 fully saturated rings. The van der Waals surface area contributed by atoms with Crippen molar-refractivity contribution in [1.29, 1.82) is 0 Å². The summed E-state index contributed by atoms with van der Waals surface area (Å²) in [5.41, 5.74) is 10.8. The maximum absolute atomic E-state index is 3.89. The molecule has 0 aliphatic heterocycles. The van der Waals surface area contributed by atoms with E-state index in [1.165, 1.54) is 60.8 Å². The summed E-state index contributed by atoms with van der Waals surface area (Å²) in [5.74, 6) is 0. The molecule has 39 heavy (non-hydrogen) atoms. The van der Waals surface area contributed by atoms with E-state index in [4.69, 9.17) is 0 Å². The van der Waals surface area contributed by atoms with Crippen LogP contribution in [0.4, 0.5) is 0 Å². The Morgan fingerprint density at radius 1 is 0.538 bits per heavy atom. The van der Waals surface area contributed by atoms with Crippen LogP contribution < -0.4 is 0 Å². The molecule has 0 amide bonds. The van der Waals surface area contributed by atoms with Crippen molar-refractivity contribution >= 4 is 38.8 Å². The fourth-order valence-corrected chi connectivity index (χ4v) is 5.87. The lowest BCUT2D eigenvalue weighted by Crippen LogP contribution is -1.96. The van der Waals surface area contributed by atoms with E-state index in [0.29, 0.717) is 0 Å². The highest BCUT2D eigenvalue weighted by Crippen LogP contribution is 2.37. The lowest BCUT2D eigenvalue weighted by atomic mass is 10.0. The van der Waals surface area contributed by atoms with Crippen molar-refractivity contribution in [2.45, 2.75) is 6.92 Å². The highest BCUT2D eigenvalue weighted by atomic mass is 15.0. The van der Waals surface area contributed by atoms with Crippen molar-refractivity contribution in [3.05, 3.63) is 151 Å². The van der Waals surface area contributed by atoms with E-state index in [1.807, 2.05) is 12.2 Å². The smallest absolute Gasteiger partial charge is 0.0541 e. The largest absolute Gasteiger partial charge is 0.310 e. The van der Waals surface area contributed by atoms with Gasteiger partial charge in [-0.25, -0.2) is 0 Å². The first kappa shape index (κ1) is 23.1. The van der Waals surface area contributed by atoms with Crippen molar-refractivity contribution < 1.29 is 0 Å². The van der Waals surface area contributed by atoms with Crippen LogP contribution in [0, 0.1) is 6.92 Å². The number of aryl methyl sites for hydroxylation is 1. The van der Waals surface area contributed by atoms with Crippen molar-refractivity contribution in [3.8, 4) is 22.5 Å². The summed E-state index contributed by atoms with van der Waals surface area (Å²) in [6.07, 6.45) is 6.00. The van der Waals surface area contributed by atoms with Gasteiger partial charge in [-0.15, -0.1) is 0 Å². The number of hydrogen-bond donors (Lipinski definition) is 0. The number of aromatic nitrogens is 2. The Labute approximate surface area is 228 Å². The number of nitrogens with zero attached hydrogens (tertiary/aromatic N) is 2. The molecular formula is C37H28N2. The van der Waals surface area contributed by atoms with Gasteiger partial charge in [-0.05, 0) is 84.3 Å². The number of allylic oxidation sites excluding steroid dienone is 2. The molecule has 0 N–H and O–H groups in total. The molecule has 0 bridgehead atoms. The average Bonchev–Trinajstić information content (AvgIpc) is 3.48. The summed E-state index contributed by atoms with van der Waals surface area (Å²) in [5, 5.41) is 3.79. The van der Waals surface area contributed by atoms with E-state index >= 15 is 0 Å². The van der Waals surface area contributed by atoms with Gasteiger partial charge in [0.05, 0.1) is 16.6 Å². The van der Waals surface area contributed by atoms with E-state index in [1.54, 1.807) is 0 Å². The Hall–Kier alpha value is -5.08. The number of fused-ring (bicyclic) bond motifs is 4. The van der Waals surface area contributed by atoms with Crippen molar-refractivity contribution in [2.75, 3.05) is 0 Å². The quantitative estimate of drug-likeness (QED) is 0.208. The minimum absolute atomic E-state index is 1.15. The van der Waals surface area contributed by atoms with E-state index in [2.05, 4.69) is 150 Å². The zero-order valence-corrected chi connectivity index (χ0v) is 21.9. The SMILES string of the molecule is C=C/C=C\c1c(C)c2cc(-c3ccc4c(c3)c3ccccc3n4-c3ccccc3)ccc2n1-c1ccccc1. The molecule has 0 aliphatic rings. The number of hydrogen-bond acceptors (Lipinski definition) is 0. The molecule has 2 heterocycles. The molecule has 0 radical (unpaired) electrons. The number of benzene rings is 5. The molecule has 2 aromatic heterocycles. The van der Waals surface area contributed by atoms with Crippen molar-refractivity contribution in [1.82, 2.24) is 9.13 Å². The molecule has 0 atom stereocenters. The first-order valence-corrected chi connectivity index (χ1v) is 13.3. The Morgan fingerprint density at radius 2 is 1.08 bits per heavy atom. The van der Waals surface area contributed by atoms with Crippen LogP contribution in [0.2, 0.25) is 0 Å². The molecule has 2 nitrogen and oxygen atoms in total. The lowest BCUT2D eigenvalue weighted by Gasteiger charge is -2.10. The summed E-state index contributed by atoms with van der Waals surface area (Å²) < 4.78 is 4.70. The van der Waals surface area contributed by atoms with Crippen LogP contribution in [-0.2, 0) is 0 Å². The highest BCUT2D eigenvalue weighted by molar-refractivity contribution is 6.10. The third-order valence-corrected chi connectivity index (χ3v) is 7.69. The fraction of sp³-hybridized carbons (Fsp3) is 0.0270. The Morgan fingerprint density at radius 3 is 1.74 bits per heavy atom. The van der Waals surface area contributed by atoms with Gasteiger partial charge in [-0.2, -0.15) is 0 Å². The normalized spacial score (nSPS) is 11.7. The molecule has 0 saturated carbocycles. The van der Waals surface area contributed by atoms with Crippen LogP contribution in [0.3, 0.4) is 0 Å². The van der Waals surface area contributed by atoms with Gasteiger partial charge in [0.25, 0.3) is 0 Å². The van der Waals surface area contributed by atoms with Crippen LogP contribution >= 0.6 is 0 Å². The Bertz CT molecular complexity index is 2020. The summed E-state index contributed by atoms with van der Waals surface area (Å²) in [6, 6.07) is 43.6. The molecule has 5 aromatic carbocycles. The molecule has 2 heteroatoms. The third kappa shape index (κ3) is 3.72. The van der Waals surface area contributed by atoms with Crippen LogP contribution in [-0.4, -0.2) is 9.13 Å². The monoisotopic (exact) mass is 500 g/mol. The zero-order valence-electron chi connectivity index (χ0n) is 21.9. The van der Waals surface area contributed by atoms with E-state index < -0.39 is 0 Å². The highest BCUT2D eigenvalue weighted by Gasteiger charge is 2.16. The summed E-state index contributed by atoms with van der Waals surface area (Å²) in [4.78, 5) is 0. The molecule has 186 valence electrons. The van der Waals surface area contributed by atoms with Crippen LogP contribution in [0.1, 0.15) is 11.3 Å². The topological polar surface area (TPSA) is 9.86 Å². The summed E-state index contributed by atoms with van der Waals surface area (Å²) in [7, 11) is 0. The second kappa shape index (κ2) is 9.34. The van der Waals surface area contributed by atoms with Crippen LogP contribution in [0.5, 0.6) is 0 Å². The minimum Gasteiger partial charge on any atom is -0.310 e. The molecule has 0 aliphatic carbocycles. The molecule has 7 rings (SSSR count). The van der Waals surface area contributed by atoms with Gasteiger partial charge in [-0.1, -0.05) is 85.5 Å². The summed E-state index contributed by atoms with van der Waals surface area (Å²) >= 11 is 0. The average molecular weight is 501 g/mol. The van der Waals surface area contributed by atoms with Gasteiger partial charge in [-0.3, -0.25) is 0 Å². The van der Waals surface area contributed by atoms with Gasteiger partial charge in [0.2, 0.25) is 0 Å². The van der Waals surface area contributed by atoms with E-state index in [0.717, 1.165) is 5.69 Å². The van der Waals surface area contributed by atoms with Gasteiger partial charge in [0.15, 0.2) is 0 Å². The minimum atomic E-state index is 1.15. The van der Waals surface area contributed by atoms with Gasteiger partial charge < -0.3 is 9.13 Å².